The molecule has 1 heterocycles. The van der Waals surface area contributed by atoms with Crippen LogP contribution in [0.1, 0.15) is 37.4 Å². The van der Waals surface area contributed by atoms with Gasteiger partial charge in [-0.15, -0.1) is 0 Å². The smallest absolute Gasteiger partial charge is 0.241 e. The molecule has 0 aliphatic heterocycles. The van der Waals surface area contributed by atoms with Gasteiger partial charge in [0.15, 0.2) is 0 Å². The lowest BCUT2D eigenvalue weighted by Crippen LogP contribution is -2.28. The molecule has 0 spiro atoms. The summed E-state index contributed by atoms with van der Waals surface area (Å²) in [4.78, 5) is 4.18. The van der Waals surface area contributed by atoms with Crippen molar-refractivity contribution in [3.63, 3.8) is 0 Å². The molecule has 0 bridgehead atoms. The van der Waals surface area contributed by atoms with Crippen LogP contribution in [-0.2, 0) is 26.5 Å². The minimum absolute atomic E-state index is 0.0865. The molecular formula is C17H22ClN3O4S2. The van der Waals surface area contributed by atoms with E-state index in [0.29, 0.717) is 35.7 Å². The molecule has 0 saturated carbocycles. The molecule has 1 aliphatic carbocycles. The molecule has 1 aliphatic rings. The number of nitrogens with one attached hydrogen (secondary N) is 2. The highest BCUT2D eigenvalue weighted by Gasteiger charge is 2.30. The first-order chi connectivity index (χ1) is 12.5. The number of hydrogen-bond acceptors (Lipinski definition) is 5. The zero-order chi connectivity index (χ0) is 20.0. The van der Waals surface area contributed by atoms with Crippen LogP contribution < -0.4 is 9.44 Å². The van der Waals surface area contributed by atoms with E-state index in [1.807, 2.05) is 13.8 Å². The van der Waals surface area contributed by atoms with Gasteiger partial charge in [-0.3, -0.25) is 0 Å². The molecule has 1 aromatic heterocycles. The largest absolute Gasteiger partial charge is 0.244 e. The van der Waals surface area contributed by atoms with Crippen LogP contribution in [0.4, 0.5) is 0 Å². The number of benzene rings is 1. The summed E-state index contributed by atoms with van der Waals surface area (Å²) >= 11 is 6.02. The van der Waals surface area contributed by atoms with E-state index < -0.39 is 26.1 Å². The lowest BCUT2D eigenvalue weighted by atomic mass is 10.0. The predicted octanol–water partition coefficient (Wildman–Crippen LogP) is 2.36. The molecule has 0 fully saturated rings. The Balaban J connectivity index is 2.21. The van der Waals surface area contributed by atoms with Gasteiger partial charge in [0.05, 0.1) is 11.2 Å². The van der Waals surface area contributed by atoms with E-state index in [1.165, 1.54) is 0 Å². The summed E-state index contributed by atoms with van der Waals surface area (Å²) in [5.41, 5.74) is 1.57. The summed E-state index contributed by atoms with van der Waals surface area (Å²) in [5.74, 6) is 0.144. The van der Waals surface area contributed by atoms with Gasteiger partial charge in [-0.05, 0) is 42.0 Å². The Kier molecular flexibility index (Phi) is 5.53. The average molecular weight is 432 g/mol. The lowest BCUT2D eigenvalue weighted by Gasteiger charge is -2.17. The molecule has 10 heteroatoms. The Bertz CT molecular complexity index is 1100. The highest BCUT2D eigenvalue weighted by atomic mass is 35.5. The van der Waals surface area contributed by atoms with Crippen molar-refractivity contribution >= 4 is 42.4 Å². The number of pyridine rings is 1. The van der Waals surface area contributed by atoms with Gasteiger partial charge >= 0.3 is 0 Å². The van der Waals surface area contributed by atoms with Crippen LogP contribution in [0.15, 0.2) is 23.2 Å². The van der Waals surface area contributed by atoms with E-state index >= 15 is 0 Å². The summed E-state index contributed by atoms with van der Waals surface area (Å²) < 4.78 is 54.5. The third-order valence-electron chi connectivity index (χ3n) is 4.48. The first-order valence-corrected chi connectivity index (χ1v) is 12.3. The lowest BCUT2D eigenvalue weighted by molar-refractivity contribution is 0.558. The van der Waals surface area contributed by atoms with Crippen LogP contribution in [-0.4, -0.2) is 34.6 Å². The van der Waals surface area contributed by atoms with Crippen molar-refractivity contribution in [1.29, 1.82) is 0 Å². The molecule has 2 aromatic rings. The number of halogens is 1. The molecule has 1 atom stereocenters. The van der Waals surface area contributed by atoms with E-state index in [2.05, 4.69) is 14.4 Å². The van der Waals surface area contributed by atoms with Crippen molar-refractivity contribution in [3.05, 3.63) is 34.6 Å². The summed E-state index contributed by atoms with van der Waals surface area (Å²) in [6, 6.07) is 2.64. The SMILES string of the molecule is CC(C)CNS(=O)(=O)c1cc2c(c3cnc(Cl)cc13)CCC2NS(C)(=O)=O. The maximum atomic E-state index is 12.9. The van der Waals surface area contributed by atoms with Crippen LogP contribution >= 0.6 is 11.6 Å². The Morgan fingerprint density at radius 3 is 2.56 bits per heavy atom. The molecule has 148 valence electrons. The van der Waals surface area contributed by atoms with Crippen LogP contribution in [0, 0.1) is 5.92 Å². The highest BCUT2D eigenvalue weighted by Crippen LogP contribution is 2.39. The number of aromatic nitrogens is 1. The fraction of sp³-hybridized carbons (Fsp3) is 0.471. The maximum Gasteiger partial charge on any atom is 0.241 e. The van der Waals surface area contributed by atoms with E-state index in [1.54, 1.807) is 18.3 Å². The molecule has 1 aromatic carbocycles. The third kappa shape index (κ3) is 4.43. The molecular weight excluding hydrogens is 410 g/mol. The first kappa shape index (κ1) is 20.5. The van der Waals surface area contributed by atoms with Crippen molar-refractivity contribution in [3.8, 4) is 0 Å². The molecule has 27 heavy (non-hydrogen) atoms. The van der Waals surface area contributed by atoms with Gasteiger partial charge < -0.3 is 0 Å². The van der Waals surface area contributed by atoms with Gasteiger partial charge in [0, 0.05) is 29.6 Å². The van der Waals surface area contributed by atoms with E-state index in [-0.39, 0.29) is 16.0 Å². The van der Waals surface area contributed by atoms with Gasteiger partial charge in [-0.2, -0.15) is 0 Å². The van der Waals surface area contributed by atoms with Crippen molar-refractivity contribution in [2.24, 2.45) is 5.92 Å². The van der Waals surface area contributed by atoms with Crippen molar-refractivity contribution in [2.45, 2.75) is 37.6 Å². The van der Waals surface area contributed by atoms with Crippen molar-refractivity contribution in [2.75, 3.05) is 12.8 Å². The molecule has 2 N–H and O–H groups in total. The van der Waals surface area contributed by atoms with Gasteiger partial charge in [-0.1, -0.05) is 25.4 Å². The minimum atomic E-state index is -3.80. The zero-order valence-electron chi connectivity index (χ0n) is 15.3. The average Bonchev–Trinajstić information content (AvgIpc) is 2.93. The van der Waals surface area contributed by atoms with Crippen LogP contribution in [0.2, 0.25) is 5.15 Å². The molecule has 7 nitrogen and oxygen atoms in total. The number of hydrogen-bond donors (Lipinski definition) is 2. The maximum absolute atomic E-state index is 12.9. The Hall–Kier alpha value is -1.26. The number of fused-ring (bicyclic) bond motifs is 3. The fourth-order valence-corrected chi connectivity index (χ4v) is 5.70. The highest BCUT2D eigenvalue weighted by molar-refractivity contribution is 7.89. The van der Waals surface area contributed by atoms with Gasteiger partial charge in [0.2, 0.25) is 20.0 Å². The standard InChI is InChI=1S/C17H22ClN3O4S2/c1-10(2)8-20-27(24,25)16-6-12-11(4-5-15(12)21-26(3,22)23)14-9-19-17(18)7-13(14)16/h6-7,9-10,15,20-21H,4-5,8H2,1-3H3. The predicted molar refractivity (Wildman–Crippen MR) is 106 cm³/mol. The van der Waals surface area contributed by atoms with Crippen LogP contribution in [0.3, 0.4) is 0 Å². The molecule has 0 saturated heterocycles. The number of rotatable bonds is 6. The van der Waals surface area contributed by atoms with Gasteiger partial charge in [0.25, 0.3) is 0 Å². The second kappa shape index (κ2) is 7.29. The molecule has 1 unspecified atom stereocenters. The van der Waals surface area contributed by atoms with Gasteiger partial charge in [-0.25, -0.2) is 31.3 Å². The van der Waals surface area contributed by atoms with E-state index in [9.17, 15) is 16.8 Å². The monoisotopic (exact) mass is 431 g/mol. The summed E-state index contributed by atoms with van der Waals surface area (Å²) in [6.45, 7) is 4.12. The Morgan fingerprint density at radius 2 is 1.93 bits per heavy atom. The molecule has 0 amide bonds. The van der Waals surface area contributed by atoms with Gasteiger partial charge in [0.1, 0.15) is 5.15 Å². The third-order valence-corrected chi connectivity index (χ3v) is 6.86. The number of nitrogens with zero attached hydrogens (tertiary/aromatic N) is 1. The van der Waals surface area contributed by atoms with Crippen molar-refractivity contribution < 1.29 is 16.8 Å². The van der Waals surface area contributed by atoms with Crippen LogP contribution in [0.25, 0.3) is 10.8 Å². The minimum Gasteiger partial charge on any atom is -0.244 e. The van der Waals surface area contributed by atoms with Crippen LogP contribution in [0.5, 0.6) is 0 Å². The second-order valence-electron chi connectivity index (χ2n) is 7.22. The molecule has 0 radical (unpaired) electrons. The normalized spacial score (nSPS) is 17.6. The number of sulfonamides is 2. The first-order valence-electron chi connectivity index (χ1n) is 8.56. The summed E-state index contributed by atoms with van der Waals surface area (Å²) in [6.07, 6.45) is 3.83. The number of aryl methyl sites for hydroxylation is 1. The fourth-order valence-electron chi connectivity index (χ4n) is 3.33. The molecule has 3 rings (SSSR count). The topological polar surface area (TPSA) is 105 Å². The summed E-state index contributed by atoms with van der Waals surface area (Å²) in [7, 11) is -7.23. The zero-order valence-corrected chi connectivity index (χ0v) is 17.7. The Labute approximate surface area is 164 Å². The van der Waals surface area contributed by atoms with Crippen molar-refractivity contribution in [1.82, 2.24) is 14.4 Å². The Morgan fingerprint density at radius 1 is 1.22 bits per heavy atom. The van der Waals surface area contributed by atoms with E-state index in [0.717, 1.165) is 11.8 Å². The summed E-state index contributed by atoms with van der Waals surface area (Å²) in [5, 5.41) is 1.37. The van der Waals surface area contributed by atoms with E-state index in [4.69, 9.17) is 11.6 Å². The second-order valence-corrected chi connectivity index (χ2v) is 11.1. The quantitative estimate of drug-likeness (QED) is 0.683.